The summed E-state index contributed by atoms with van der Waals surface area (Å²) in [5, 5.41) is 10.9. The summed E-state index contributed by atoms with van der Waals surface area (Å²) in [7, 11) is 0. The summed E-state index contributed by atoms with van der Waals surface area (Å²) >= 11 is 10.8. The van der Waals surface area contributed by atoms with Crippen LogP contribution >= 0.6 is 23.2 Å². The van der Waals surface area contributed by atoms with Crippen LogP contribution in [0.25, 0.3) is 0 Å². The minimum absolute atomic E-state index is 0.0324. The van der Waals surface area contributed by atoms with Crippen molar-refractivity contribution in [3.63, 3.8) is 0 Å². The highest BCUT2D eigenvalue weighted by atomic mass is 35.5. The third-order valence-corrected chi connectivity index (χ3v) is 1.92. The van der Waals surface area contributed by atoms with Crippen LogP contribution < -0.4 is 0 Å². The number of rotatable bonds is 3. The van der Waals surface area contributed by atoms with Crippen LogP contribution in [0.4, 0.5) is 4.39 Å². The summed E-state index contributed by atoms with van der Waals surface area (Å²) in [4.78, 5) is -0.735. The Hall–Kier alpha value is -0.0200. The monoisotopic (exact) mass is 187 g/mol. The zero-order chi connectivity index (χ0) is 8.15. The van der Waals surface area contributed by atoms with Crippen LogP contribution in [0.3, 0.4) is 0 Å². The van der Waals surface area contributed by atoms with Gasteiger partial charge >= 0.3 is 0 Å². The van der Waals surface area contributed by atoms with Crippen molar-refractivity contribution in [1.29, 1.82) is 0 Å². The van der Waals surface area contributed by atoms with Crippen molar-refractivity contribution < 1.29 is 9.60 Å². The molecular weight excluding hydrogens is 180 g/mol. The fraction of sp³-hybridized carbons (Fsp3) is 0.800. The average molecular weight is 188 g/mol. The Morgan fingerprint density at radius 2 is 2.20 bits per heavy atom. The second kappa shape index (κ2) is 4.74. The van der Waals surface area contributed by atoms with Crippen molar-refractivity contribution in [2.75, 3.05) is 6.67 Å². The Morgan fingerprint density at radius 3 is 2.30 bits per heavy atom. The number of oxime groups is 1. The van der Waals surface area contributed by atoms with Crippen molar-refractivity contribution in [2.24, 2.45) is 11.1 Å². The van der Waals surface area contributed by atoms with Crippen LogP contribution in [0.15, 0.2) is 5.16 Å². The van der Waals surface area contributed by atoms with Gasteiger partial charge in [-0.25, -0.2) is 4.39 Å². The molecule has 1 unspecified atom stereocenters. The van der Waals surface area contributed by atoms with Crippen LogP contribution in [0.5, 0.6) is 0 Å². The number of hydrogen-bond acceptors (Lipinski definition) is 2. The standard InChI is InChI=1S/C5H8Cl2FNO/c1-3(5(6)7)4(2-8)9-10/h3,5,10H,2H2,1H3. The van der Waals surface area contributed by atoms with Crippen LogP contribution in [-0.4, -0.2) is 22.4 Å². The lowest BCUT2D eigenvalue weighted by Crippen LogP contribution is -2.19. The van der Waals surface area contributed by atoms with E-state index in [4.69, 9.17) is 28.4 Å². The van der Waals surface area contributed by atoms with Gasteiger partial charge in [0.2, 0.25) is 0 Å². The van der Waals surface area contributed by atoms with Crippen LogP contribution in [0, 0.1) is 5.92 Å². The Balaban J connectivity index is 4.03. The first-order valence-corrected chi connectivity index (χ1v) is 3.55. The SMILES string of the molecule is CC(C(CF)=NO)C(Cl)Cl. The molecular formula is C5H8Cl2FNO. The predicted octanol–water partition coefficient (Wildman–Crippen LogP) is 2.23. The van der Waals surface area contributed by atoms with Gasteiger partial charge in [0.05, 0.1) is 5.71 Å². The predicted molar refractivity (Wildman–Crippen MR) is 39.9 cm³/mol. The molecule has 1 N–H and O–H groups in total. The molecule has 0 rings (SSSR count). The largest absolute Gasteiger partial charge is 0.411 e. The van der Waals surface area contributed by atoms with E-state index in [2.05, 4.69) is 5.16 Å². The highest BCUT2D eigenvalue weighted by Crippen LogP contribution is 2.16. The average Bonchev–Trinajstić information content (AvgIpc) is 1.90. The minimum atomic E-state index is -0.826. The Bertz CT molecular complexity index is 129. The molecule has 60 valence electrons. The first-order chi connectivity index (χ1) is 4.63. The van der Waals surface area contributed by atoms with Gasteiger partial charge in [-0.2, -0.15) is 0 Å². The molecule has 0 saturated carbocycles. The fourth-order valence-electron chi connectivity index (χ4n) is 0.385. The summed E-state index contributed by atoms with van der Waals surface area (Å²) in [6, 6.07) is 0. The lowest BCUT2D eigenvalue weighted by Gasteiger charge is -2.09. The van der Waals surface area contributed by atoms with Crippen molar-refractivity contribution in [3.05, 3.63) is 0 Å². The third kappa shape index (κ3) is 2.71. The van der Waals surface area contributed by atoms with E-state index in [1.165, 1.54) is 0 Å². The molecule has 0 aromatic heterocycles. The molecule has 0 radical (unpaired) electrons. The summed E-state index contributed by atoms with van der Waals surface area (Å²) in [5.74, 6) is -0.446. The highest BCUT2D eigenvalue weighted by molar-refractivity contribution is 6.45. The number of hydrogen-bond donors (Lipinski definition) is 1. The summed E-state index contributed by atoms with van der Waals surface area (Å²) < 4.78 is 11.9. The molecule has 0 spiro atoms. The maximum atomic E-state index is 11.9. The molecule has 0 aromatic carbocycles. The Morgan fingerprint density at radius 1 is 1.70 bits per heavy atom. The maximum absolute atomic E-state index is 11.9. The number of nitrogens with zero attached hydrogens (tertiary/aromatic N) is 1. The lowest BCUT2D eigenvalue weighted by atomic mass is 10.1. The normalized spacial score (nSPS) is 15.9. The smallest absolute Gasteiger partial charge is 0.131 e. The first-order valence-electron chi connectivity index (χ1n) is 2.68. The molecule has 10 heavy (non-hydrogen) atoms. The van der Waals surface area contributed by atoms with Crippen LogP contribution in [0.1, 0.15) is 6.92 Å². The van der Waals surface area contributed by atoms with Crippen molar-refractivity contribution in [3.8, 4) is 0 Å². The van der Waals surface area contributed by atoms with Crippen LogP contribution in [0.2, 0.25) is 0 Å². The molecule has 0 amide bonds. The molecule has 0 aromatic rings. The lowest BCUT2D eigenvalue weighted by molar-refractivity contribution is 0.311. The Labute approximate surface area is 68.6 Å². The summed E-state index contributed by atoms with van der Waals surface area (Å²) in [6.07, 6.45) is 0. The molecule has 0 saturated heterocycles. The van der Waals surface area contributed by atoms with E-state index < -0.39 is 17.4 Å². The van der Waals surface area contributed by atoms with Crippen molar-refractivity contribution in [2.45, 2.75) is 11.8 Å². The molecule has 0 bridgehead atoms. The van der Waals surface area contributed by atoms with Gasteiger partial charge in [0.15, 0.2) is 0 Å². The Kier molecular flexibility index (Phi) is 4.73. The highest BCUT2D eigenvalue weighted by Gasteiger charge is 2.17. The topological polar surface area (TPSA) is 32.6 Å². The molecule has 0 heterocycles. The van der Waals surface area contributed by atoms with E-state index in [9.17, 15) is 4.39 Å². The van der Waals surface area contributed by atoms with E-state index in [1.54, 1.807) is 6.92 Å². The molecule has 0 aliphatic carbocycles. The van der Waals surface area contributed by atoms with Gasteiger partial charge in [0, 0.05) is 5.92 Å². The molecule has 0 aliphatic heterocycles. The van der Waals surface area contributed by atoms with Gasteiger partial charge in [-0.1, -0.05) is 12.1 Å². The van der Waals surface area contributed by atoms with E-state index in [0.717, 1.165) is 0 Å². The van der Waals surface area contributed by atoms with Gasteiger partial charge < -0.3 is 5.21 Å². The van der Waals surface area contributed by atoms with Crippen molar-refractivity contribution >= 4 is 28.9 Å². The molecule has 2 nitrogen and oxygen atoms in total. The first kappa shape index (κ1) is 9.98. The van der Waals surface area contributed by atoms with Gasteiger partial charge in [-0.3, -0.25) is 0 Å². The van der Waals surface area contributed by atoms with E-state index in [1.807, 2.05) is 0 Å². The second-order valence-electron chi connectivity index (χ2n) is 1.85. The van der Waals surface area contributed by atoms with Gasteiger partial charge in [-0.05, 0) is 0 Å². The van der Waals surface area contributed by atoms with Gasteiger partial charge in [0.25, 0.3) is 0 Å². The maximum Gasteiger partial charge on any atom is 0.131 e. The van der Waals surface area contributed by atoms with Gasteiger partial charge in [0.1, 0.15) is 11.5 Å². The number of alkyl halides is 3. The minimum Gasteiger partial charge on any atom is -0.411 e. The quantitative estimate of drug-likeness (QED) is 0.313. The molecule has 5 heteroatoms. The number of halogens is 3. The van der Waals surface area contributed by atoms with E-state index in [-0.39, 0.29) is 5.71 Å². The van der Waals surface area contributed by atoms with Crippen molar-refractivity contribution in [1.82, 2.24) is 0 Å². The fourth-order valence-corrected chi connectivity index (χ4v) is 0.676. The summed E-state index contributed by atoms with van der Waals surface area (Å²) in [6.45, 7) is 0.757. The van der Waals surface area contributed by atoms with E-state index in [0.29, 0.717) is 0 Å². The van der Waals surface area contributed by atoms with E-state index >= 15 is 0 Å². The second-order valence-corrected chi connectivity index (χ2v) is 3.01. The van der Waals surface area contributed by atoms with Crippen LogP contribution in [-0.2, 0) is 0 Å². The third-order valence-electron chi connectivity index (χ3n) is 1.17. The molecule has 0 fully saturated rings. The molecule has 0 aliphatic rings. The van der Waals surface area contributed by atoms with Gasteiger partial charge in [-0.15, -0.1) is 23.2 Å². The zero-order valence-electron chi connectivity index (χ0n) is 5.39. The summed E-state index contributed by atoms with van der Waals surface area (Å²) in [5.41, 5.74) is -0.0324. The molecule has 1 atom stereocenters. The zero-order valence-corrected chi connectivity index (χ0v) is 6.90.